The van der Waals surface area contributed by atoms with E-state index < -0.39 is 0 Å². The minimum atomic E-state index is -0.331. The molecule has 2 nitrogen and oxygen atoms in total. The van der Waals surface area contributed by atoms with Crippen LogP contribution in [-0.2, 0) is 5.41 Å². The Morgan fingerprint density at radius 3 is 1.64 bits per heavy atom. The molecule has 10 aromatic rings. The SMILES string of the molecule is C/C=C1\c2ccccc2-c2cccc(N(c3ccccc3)c3ccc4c(c3)C(C)(C)c3cc(N(c5ccccc5)c5c(C)cc(-c6ccccc6)cc5-c5ccccc5)c5ccccc5c3-4)c21. The highest BCUT2D eigenvalue weighted by atomic mass is 15.2. The van der Waals surface area contributed by atoms with E-state index in [1.54, 1.807) is 0 Å². The molecule has 0 heterocycles. The van der Waals surface area contributed by atoms with Crippen molar-refractivity contribution in [2.75, 3.05) is 9.80 Å². The zero-order chi connectivity index (χ0) is 45.2. The summed E-state index contributed by atoms with van der Waals surface area (Å²) in [4.78, 5) is 5.00. The highest BCUT2D eigenvalue weighted by Gasteiger charge is 2.39. The number of para-hydroxylation sites is 2. The smallest absolute Gasteiger partial charge is 0.0569 e. The normalized spacial score (nSPS) is 13.5. The molecule has 0 unspecified atom stereocenters. The number of fused-ring (bicyclic) bond motifs is 8. The third-order valence-electron chi connectivity index (χ3n) is 14.2. The van der Waals surface area contributed by atoms with Gasteiger partial charge >= 0.3 is 0 Å². The second-order valence-corrected chi connectivity index (χ2v) is 18.4. The summed E-state index contributed by atoms with van der Waals surface area (Å²) in [6, 6.07) is 82.6. The molecule has 12 rings (SSSR count). The summed E-state index contributed by atoms with van der Waals surface area (Å²) in [6.45, 7) is 9.29. The largest absolute Gasteiger partial charge is 0.310 e. The van der Waals surface area contributed by atoms with Gasteiger partial charge in [-0.1, -0.05) is 184 Å². The van der Waals surface area contributed by atoms with Crippen molar-refractivity contribution in [3.63, 3.8) is 0 Å². The Hall–Kier alpha value is -8.20. The Kier molecular flexibility index (Phi) is 9.66. The van der Waals surface area contributed by atoms with E-state index in [9.17, 15) is 0 Å². The van der Waals surface area contributed by atoms with Crippen LogP contribution in [0.15, 0.2) is 231 Å². The number of rotatable bonds is 8. The van der Waals surface area contributed by atoms with Gasteiger partial charge in [-0.25, -0.2) is 0 Å². The quantitative estimate of drug-likeness (QED) is 0.150. The molecule has 0 aliphatic heterocycles. The lowest BCUT2D eigenvalue weighted by Crippen LogP contribution is -2.18. The standard InChI is InChI=1S/C65H50N2/c1-5-50-51-31-18-19-32-52(51)54-35-22-36-60(63(50)54)66(47-27-14-8-15-28-47)49-37-38-56-58(41-49)65(3,4)59-42-61(53-33-20-21-34-55(53)62(56)59)67(48-29-16-9-17-30-48)64-43(2)39-46(44-23-10-6-11-24-44)40-57(64)45-25-12-7-13-26-45/h5-42H,1-4H3/b50-5+. The molecule has 0 N–H and O–H groups in total. The van der Waals surface area contributed by atoms with E-state index in [1.807, 2.05) is 0 Å². The fraction of sp³-hybridized carbons (Fsp3) is 0.0769. The van der Waals surface area contributed by atoms with Crippen molar-refractivity contribution in [3.05, 3.63) is 258 Å². The van der Waals surface area contributed by atoms with Crippen LogP contribution in [0.5, 0.6) is 0 Å². The fourth-order valence-electron chi connectivity index (χ4n) is 11.2. The highest BCUT2D eigenvalue weighted by molar-refractivity contribution is 6.12. The van der Waals surface area contributed by atoms with Crippen LogP contribution in [0, 0.1) is 6.92 Å². The summed E-state index contributed by atoms with van der Waals surface area (Å²) >= 11 is 0. The first-order chi connectivity index (χ1) is 32.9. The number of allylic oxidation sites excluding steroid dienone is 1. The van der Waals surface area contributed by atoms with Gasteiger partial charge in [0.05, 0.1) is 17.1 Å². The lowest BCUT2D eigenvalue weighted by Gasteiger charge is -2.33. The van der Waals surface area contributed by atoms with Crippen LogP contribution in [0.2, 0.25) is 0 Å². The number of hydrogen-bond acceptors (Lipinski definition) is 2. The number of nitrogens with zero attached hydrogens (tertiary/aromatic N) is 2. The molecule has 0 spiro atoms. The first-order valence-electron chi connectivity index (χ1n) is 23.5. The van der Waals surface area contributed by atoms with Crippen molar-refractivity contribution in [2.45, 2.75) is 33.1 Å². The van der Waals surface area contributed by atoms with Crippen LogP contribution < -0.4 is 9.80 Å². The summed E-state index contributed by atoms with van der Waals surface area (Å²) in [5.41, 5.74) is 24.2. The van der Waals surface area contributed by atoms with Gasteiger partial charge in [-0.2, -0.15) is 0 Å². The second kappa shape index (κ2) is 16.0. The fourth-order valence-corrected chi connectivity index (χ4v) is 11.2. The second-order valence-electron chi connectivity index (χ2n) is 18.4. The topological polar surface area (TPSA) is 6.48 Å². The predicted molar refractivity (Wildman–Crippen MR) is 285 cm³/mol. The van der Waals surface area contributed by atoms with E-state index in [0.717, 1.165) is 17.1 Å². The number of aryl methyl sites for hydroxylation is 1. The van der Waals surface area contributed by atoms with Crippen molar-refractivity contribution in [2.24, 2.45) is 0 Å². The van der Waals surface area contributed by atoms with Crippen molar-refractivity contribution >= 4 is 50.5 Å². The molecule has 0 bridgehead atoms. The zero-order valence-electron chi connectivity index (χ0n) is 38.3. The predicted octanol–water partition coefficient (Wildman–Crippen LogP) is 18.2. The van der Waals surface area contributed by atoms with E-state index in [2.05, 4.69) is 268 Å². The molecule has 0 atom stereocenters. The Labute approximate surface area is 394 Å². The highest BCUT2D eigenvalue weighted by Crippen LogP contribution is 2.58. The number of anilines is 6. The van der Waals surface area contributed by atoms with Crippen LogP contribution in [0.1, 0.15) is 48.6 Å². The molecule has 10 aromatic carbocycles. The van der Waals surface area contributed by atoms with Gasteiger partial charge in [0.2, 0.25) is 0 Å². The average molecular weight is 859 g/mol. The van der Waals surface area contributed by atoms with Crippen molar-refractivity contribution in [1.29, 1.82) is 0 Å². The third kappa shape index (κ3) is 6.47. The van der Waals surface area contributed by atoms with Crippen LogP contribution in [0.4, 0.5) is 34.1 Å². The molecule has 2 aliphatic carbocycles. The molecule has 0 saturated carbocycles. The monoisotopic (exact) mass is 858 g/mol. The Balaban J connectivity index is 1.07. The van der Waals surface area contributed by atoms with E-state index >= 15 is 0 Å². The van der Waals surface area contributed by atoms with Gasteiger partial charge in [0.25, 0.3) is 0 Å². The summed E-state index contributed by atoms with van der Waals surface area (Å²) in [6.07, 6.45) is 2.28. The maximum absolute atomic E-state index is 2.53. The van der Waals surface area contributed by atoms with Gasteiger partial charge in [-0.3, -0.25) is 0 Å². The van der Waals surface area contributed by atoms with Gasteiger partial charge in [0.15, 0.2) is 0 Å². The third-order valence-corrected chi connectivity index (χ3v) is 14.2. The van der Waals surface area contributed by atoms with Crippen LogP contribution in [0.25, 0.3) is 60.9 Å². The van der Waals surface area contributed by atoms with Gasteiger partial charge in [-0.15, -0.1) is 0 Å². The Morgan fingerprint density at radius 2 is 0.955 bits per heavy atom. The maximum Gasteiger partial charge on any atom is 0.0569 e. The molecule has 0 fully saturated rings. The molecule has 320 valence electrons. The molecular weight excluding hydrogens is 809 g/mol. The minimum Gasteiger partial charge on any atom is -0.310 e. The summed E-state index contributed by atoms with van der Waals surface area (Å²) in [5, 5.41) is 2.47. The first kappa shape index (κ1) is 40.3. The lowest BCUT2D eigenvalue weighted by molar-refractivity contribution is 0.661. The summed E-state index contributed by atoms with van der Waals surface area (Å²) < 4.78 is 0. The van der Waals surface area contributed by atoms with Crippen molar-refractivity contribution in [3.8, 4) is 44.5 Å². The number of benzene rings is 10. The van der Waals surface area contributed by atoms with E-state index in [4.69, 9.17) is 0 Å². The van der Waals surface area contributed by atoms with Gasteiger partial charge in [0, 0.05) is 39.0 Å². The van der Waals surface area contributed by atoms with Gasteiger partial charge in [-0.05, 0) is 147 Å². The molecule has 2 heteroatoms. The summed E-state index contributed by atoms with van der Waals surface area (Å²) in [5.74, 6) is 0. The lowest BCUT2D eigenvalue weighted by atomic mass is 9.81. The average Bonchev–Trinajstić information content (AvgIpc) is 3.83. The van der Waals surface area contributed by atoms with Crippen LogP contribution in [-0.4, -0.2) is 0 Å². The van der Waals surface area contributed by atoms with Crippen LogP contribution >= 0.6 is 0 Å². The molecule has 0 radical (unpaired) electrons. The number of hydrogen-bond donors (Lipinski definition) is 0. The maximum atomic E-state index is 2.53. The molecule has 0 saturated heterocycles. The van der Waals surface area contributed by atoms with E-state index in [1.165, 1.54) is 106 Å². The van der Waals surface area contributed by atoms with E-state index in [0.29, 0.717) is 0 Å². The first-order valence-corrected chi connectivity index (χ1v) is 23.5. The van der Waals surface area contributed by atoms with E-state index in [-0.39, 0.29) is 5.41 Å². The summed E-state index contributed by atoms with van der Waals surface area (Å²) in [7, 11) is 0. The molecule has 0 aromatic heterocycles. The van der Waals surface area contributed by atoms with Crippen molar-refractivity contribution < 1.29 is 0 Å². The van der Waals surface area contributed by atoms with Gasteiger partial charge in [0.1, 0.15) is 0 Å². The van der Waals surface area contributed by atoms with Crippen LogP contribution in [0.3, 0.4) is 0 Å². The molecule has 2 aliphatic rings. The Bertz CT molecular complexity index is 3550. The molecular formula is C65H50N2. The molecule has 0 amide bonds. The van der Waals surface area contributed by atoms with Gasteiger partial charge < -0.3 is 9.80 Å². The Morgan fingerprint density at radius 1 is 0.373 bits per heavy atom. The van der Waals surface area contributed by atoms with Crippen molar-refractivity contribution in [1.82, 2.24) is 0 Å². The molecule has 67 heavy (non-hydrogen) atoms. The zero-order valence-corrected chi connectivity index (χ0v) is 38.3. The minimum absolute atomic E-state index is 0.331.